The third kappa shape index (κ3) is 2.97. The summed E-state index contributed by atoms with van der Waals surface area (Å²) >= 11 is 0. The predicted octanol–water partition coefficient (Wildman–Crippen LogP) is 3.03. The molecule has 0 amide bonds. The van der Waals surface area contributed by atoms with Crippen molar-refractivity contribution in [2.45, 2.75) is 5.92 Å². The molecule has 3 atom stereocenters. The normalized spacial score (nSPS) is 26.0. The lowest BCUT2D eigenvalue weighted by Crippen LogP contribution is -2.52. The lowest BCUT2D eigenvalue weighted by Gasteiger charge is -2.47. The fourth-order valence-electron chi connectivity index (χ4n) is 4.25. The van der Waals surface area contributed by atoms with Crippen molar-refractivity contribution in [1.29, 1.82) is 21.2 Å². The van der Waals surface area contributed by atoms with Crippen molar-refractivity contribution >= 4 is 5.71 Å². The van der Waals surface area contributed by atoms with Crippen LogP contribution in [0.4, 0.5) is 0 Å². The van der Waals surface area contributed by atoms with Gasteiger partial charge in [-0.05, 0) is 30.3 Å². The van der Waals surface area contributed by atoms with E-state index in [0.29, 0.717) is 25.4 Å². The molecule has 1 N–H and O–H groups in total. The molecular weight excluding hydrogens is 350 g/mol. The topological polar surface area (TPSA) is 108 Å². The zero-order valence-corrected chi connectivity index (χ0v) is 15.7. The van der Waals surface area contributed by atoms with E-state index in [0.717, 1.165) is 11.1 Å². The Hall–Kier alpha value is -3.40. The SMILES string of the molecule is C=CCOc1ccc([C@H]2[C@H]3CN(C)CC=C3C(C#N)C(=N)C2(C#N)C#N)cc1. The largest absolute Gasteiger partial charge is 0.490 e. The van der Waals surface area contributed by atoms with E-state index in [4.69, 9.17) is 10.1 Å². The summed E-state index contributed by atoms with van der Waals surface area (Å²) in [5, 5.41) is 38.2. The third-order valence-corrected chi connectivity index (χ3v) is 5.58. The van der Waals surface area contributed by atoms with Gasteiger partial charge in [-0.25, -0.2) is 0 Å². The highest BCUT2D eigenvalue weighted by molar-refractivity contribution is 6.00. The molecule has 0 bridgehead atoms. The van der Waals surface area contributed by atoms with E-state index in [-0.39, 0.29) is 11.6 Å². The van der Waals surface area contributed by atoms with Crippen molar-refractivity contribution in [2.75, 3.05) is 26.7 Å². The molecule has 0 radical (unpaired) electrons. The van der Waals surface area contributed by atoms with Crippen molar-refractivity contribution in [3.8, 4) is 24.0 Å². The Morgan fingerprint density at radius 3 is 2.54 bits per heavy atom. The molecule has 6 heteroatoms. The van der Waals surface area contributed by atoms with Gasteiger partial charge in [0.05, 0.1) is 23.9 Å². The fourth-order valence-corrected chi connectivity index (χ4v) is 4.25. The number of benzene rings is 1. The van der Waals surface area contributed by atoms with Crippen molar-refractivity contribution < 1.29 is 4.74 Å². The number of rotatable bonds is 4. The molecule has 1 fully saturated rings. The van der Waals surface area contributed by atoms with Gasteiger partial charge in [-0.1, -0.05) is 30.9 Å². The minimum absolute atomic E-state index is 0.121. The van der Waals surface area contributed by atoms with Gasteiger partial charge in [0.1, 0.15) is 18.3 Å². The van der Waals surface area contributed by atoms with E-state index in [1.807, 2.05) is 25.3 Å². The first-order valence-electron chi connectivity index (χ1n) is 9.05. The van der Waals surface area contributed by atoms with Crippen LogP contribution in [0.1, 0.15) is 11.5 Å². The molecule has 3 rings (SSSR count). The maximum Gasteiger partial charge on any atom is 0.189 e. The lowest BCUT2D eigenvalue weighted by molar-refractivity contribution is 0.235. The van der Waals surface area contributed by atoms with Crippen molar-refractivity contribution in [3.05, 3.63) is 54.1 Å². The molecule has 6 nitrogen and oxygen atoms in total. The number of hydrogen-bond acceptors (Lipinski definition) is 6. The van der Waals surface area contributed by atoms with Crippen LogP contribution in [0, 0.1) is 56.7 Å². The molecule has 1 heterocycles. The van der Waals surface area contributed by atoms with Crippen LogP contribution in [-0.2, 0) is 0 Å². The Labute approximate surface area is 165 Å². The summed E-state index contributed by atoms with van der Waals surface area (Å²) in [4.78, 5) is 2.10. The number of nitrogens with one attached hydrogen (secondary N) is 1. The minimum atomic E-state index is -1.68. The summed E-state index contributed by atoms with van der Waals surface area (Å²) in [6, 6.07) is 13.6. The first kappa shape index (κ1) is 19.4. The Balaban J connectivity index is 2.13. The Morgan fingerprint density at radius 2 is 1.96 bits per heavy atom. The van der Waals surface area contributed by atoms with Crippen molar-refractivity contribution in [3.63, 3.8) is 0 Å². The van der Waals surface area contributed by atoms with Crippen molar-refractivity contribution in [2.24, 2.45) is 17.3 Å². The number of nitriles is 3. The minimum Gasteiger partial charge on any atom is -0.490 e. The monoisotopic (exact) mass is 371 g/mol. The van der Waals surface area contributed by atoms with Gasteiger partial charge in [0.2, 0.25) is 0 Å². The smallest absolute Gasteiger partial charge is 0.189 e. The first-order valence-corrected chi connectivity index (χ1v) is 9.05. The molecule has 0 aromatic heterocycles. The zero-order chi connectivity index (χ0) is 20.3. The number of likely N-dealkylation sites (N-methyl/N-ethyl adjacent to an activating group) is 1. The van der Waals surface area contributed by atoms with Crippen LogP contribution in [-0.4, -0.2) is 37.4 Å². The molecule has 1 saturated carbocycles. The maximum absolute atomic E-state index is 9.99. The Bertz CT molecular complexity index is 927. The maximum atomic E-state index is 9.99. The lowest BCUT2D eigenvalue weighted by atomic mass is 9.54. The van der Waals surface area contributed by atoms with Crippen LogP contribution in [0.25, 0.3) is 0 Å². The molecule has 1 aliphatic carbocycles. The average Bonchev–Trinajstić information content (AvgIpc) is 2.72. The van der Waals surface area contributed by atoms with E-state index in [1.165, 1.54) is 0 Å². The van der Waals surface area contributed by atoms with Gasteiger partial charge in [0, 0.05) is 24.9 Å². The second-order valence-corrected chi connectivity index (χ2v) is 7.19. The number of fused-ring (bicyclic) bond motifs is 1. The van der Waals surface area contributed by atoms with E-state index in [2.05, 4.69) is 29.7 Å². The van der Waals surface area contributed by atoms with Crippen LogP contribution >= 0.6 is 0 Å². The number of ether oxygens (including phenoxy) is 1. The predicted molar refractivity (Wildman–Crippen MR) is 104 cm³/mol. The summed E-state index contributed by atoms with van der Waals surface area (Å²) in [7, 11) is 1.97. The quantitative estimate of drug-likeness (QED) is 0.819. The van der Waals surface area contributed by atoms with Gasteiger partial charge >= 0.3 is 0 Å². The van der Waals surface area contributed by atoms with Crippen LogP contribution in [0.15, 0.2) is 48.6 Å². The molecule has 1 aromatic carbocycles. The summed E-state index contributed by atoms with van der Waals surface area (Å²) in [6.07, 6.45) is 3.63. The van der Waals surface area contributed by atoms with Crippen LogP contribution in [0.2, 0.25) is 0 Å². The van der Waals surface area contributed by atoms with Crippen LogP contribution < -0.4 is 4.74 Å². The second kappa shape index (κ2) is 7.69. The molecular formula is C22H21N5O. The molecule has 1 aliphatic heterocycles. The van der Waals surface area contributed by atoms with Gasteiger partial charge in [-0.3, -0.25) is 0 Å². The van der Waals surface area contributed by atoms with E-state index in [9.17, 15) is 15.8 Å². The zero-order valence-electron chi connectivity index (χ0n) is 15.7. The highest BCUT2D eigenvalue weighted by Crippen LogP contribution is 2.53. The summed E-state index contributed by atoms with van der Waals surface area (Å²) in [6.45, 7) is 5.32. The van der Waals surface area contributed by atoms with Gasteiger partial charge in [-0.15, -0.1) is 0 Å². The van der Waals surface area contributed by atoms with Gasteiger partial charge in [-0.2, -0.15) is 15.8 Å². The van der Waals surface area contributed by atoms with Gasteiger partial charge in [0.25, 0.3) is 0 Å². The first-order chi connectivity index (χ1) is 13.5. The van der Waals surface area contributed by atoms with E-state index < -0.39 is 17.3 Å². The van der Waals surface area contributed by atoms with Crippen LogP contribution in [0.3, 0.4) is 0 Å². The standard InChI is InChI=1S/C22H21N5O/c1-3-10-28-16-6-4-15(5-7-16)20-19-12-27(2)9-8-17(19)18(11-23)21(26)22(20,13-24)14-25/h3-8,18-20,26H,1,9-10,12H2,2H3/t18?,19-,20-/m0/s1. The molecule has 0 spiro atoms. The molecule has 2 aliphatic rings. The number of nitrogens with zero attached hydrogens (tertiary/aromatic N) is 4. The Kier molecular flexibility index (Phi) is 5.32. The van der Waals surface area contributed by atoms with Gasteiger partial charge < -0.3 is 15.0 Å². The third-order valence-electron chi connectivity index (χ3n) is 5.58. The van der Waals surface area contributed by atoms with E-state index in [1.54, 1.807) is 18.2 Å². The highest BCUT2D eigenvalue weighted by atomic mass is 16.5. The van der Waals surface area contributed by atoms with E-state index >= 15 is 0 Å². The van der Waals surface area contributed by atoms with Gasteiger partial charge in [0.15, 0.2) is 5.41 Å². The summed E-state index contributed by atoms with van der Waals surface area (Å²) < 4.78 is 5.53. The summed E-state index contributed by atoms with van der Waals surface area (Å²) in [5.74, 6) is -0.872. The van der Waals surface area contributed by atoms with Crippen LogP contribution in [0.5, 0.6) is 5.75 Å². The molecule has 140 valence electrons. The Morgan fingerprint density at radius 1 is 1.29 bits per heavy atom. The average molecular weight is 371 g/mol. The highest BCUT2D eigenvalue weighted by Gasteiger charge is 2.57. The molecule has 28 heavy (non-hydrogen) atoms. The molecule has 1 unspecified atom stereocenters. The van der Waals surface area contributed by atoms with Crippen molar-refractivity contribution in [1.82, 2.24) is 4.90 Å². The summed E-state index contributed by atoms with van der Waals surface area (Å²) in [5.41, 5.74) is -0.154. The fraction of sp³-hybridized carbons (Fsp3) is 0.364. The number of hydrogen-bond donors (Lipinski definition) is 1. The molecule has 0 saturated heterocycles. The second-order valence-electron chi connectivity index (χ2n) is 7.19. The molecule has 1 aromatic rings.